The minimum atomic E-state index is -0.211. The van der Waals surface area contributed by atoms with Gasteiger partial charge in [-0.15, -0.1) is 0 Å². The summed E-state index contributed by atoms with van der Waals surface area (Å²) >= 11 is 0. The van der Waals surface area contributed by atoms with E-state index in [1.165, 1.54) is 0 Å². The van der Waals surface area contributed by atoms with Crippen LogP contribution in [0.3, 0.4) is 0 Å². The van der Waals surface area contributed by atoms with E-state index < -0.39 is 0 Å². The van der Waals surface area contributed by atoms with Gasteiger partial charge in [0.2, 0.25) is 0 Å². The van der Waals surface area contributed by atoms with Crippen LogP contribution in [0.25, 0.3) is 0 Å². The molecule has 0 fully saturated rings. The fraction of sp³-hybridized carbons (Fsp3) is 1.00. The number of hydrogen-bond donors (Lipinski definition) is 1. The number of ether oxygens (including phenoxy) is 30. The standard InChI is InChI=1S/C91H184O31/c1-62(32-92)94-34-64(3)96-36-66(5)98-38-68(7)100-40-70(9)102-42-72(11)104-44-74(13)106-46-76(15)108-48-78(17)110-50-80(19)112-52-82(21)114-54-84(23)116-56-86(25)118-58-88(27)120-60-90(29)122-61-91(30)121-59-89(28)119-57-87(26)117-55-85(24)115-53-83(22)113-51-81(20)111-49-79(18)109-47-77(16)107-45-75(14)105-43-73(12)103-41-71(10)101-39-69(8)99-37-67(6)97-35-65(4)95-33-63(2)93-31/h62-92H,32-61H2,1-31H3. The molecule has 0 aliphatic carbocycles. The predicted molar refractivity (Wildman–Crippen MR) is 471 cm³/mol. The van der Waals surface area contributed by atoms with Crippen molar-refractivity contribution in [3.8, 4) is 0 Å². The van der Waals surface area contributed by atoms with Gasteiger partial charge in [-0.05, 0) is 208 Å². The van der Waals surface area contributed by atoms with Gasteiger partial charge in [0, 0.05) is 7.11 Å². The van der Waals surface area contributed by atoms with Crippen molar-refractivity contribution in [1.82, 2.24) is 0 Å². The molecule has 0 aromatic heterocycles. The molecule has 0 aromatic carbocycles. The maximum absolute atomic E-state index is 9.12. The van der Waals surface area contributed by atoms with Crippen LogP contribution < -0.4 is 0 Å². The van der Waals surface area contributed by atoms with E-state index in [1.54, 1.807) is 7.11 Å². The monoisotopic (exact) mass is 1770 g/mol. The second-order valence-corrected chi connectivity index (χ2v) is 34.4. The summed E-state index contributed by atoms with van der Waals surface area (Å²) in [5.74, 6) is 0. The molecule has 734 valence electrons. The highest BCUT2D eigenvalue weighted by molar-refractivity contribution is 4.68. The molecular formula is C91H184O31. The van der Waals surface area contributed by atoms with E-state index >= 15 is 0 Å². The number of methoxy groups -OCH3 is 1. The van der Waals surface area contributed by atoms with Crippen LogP contribution in [0.4, 0.5) is 0 Å². The molecule has 0 bridgehead atoms. The highest BCUT2D eigenvalue weighted by atomic mass is 16.6. The van der Waals surface area contributed by atoms with E-state index in [9.17, 15) is 0 Å². The summed E-state index contributed by atoms with van der Waals surface area (Å²) in [5, 5.41) is 9.12. The highest BCUT2D eigenvalue weighted by Gasteiger charge is 2.23. The molecule has 0 amide bonds. The van der Waals surface area contributed by atoms with Crippen LogP contribution in [0, 0.1) is 0 Å². The molecule has 0 spiro atoms. The molecular weight excluding hydrogens is 1590 g/mol. The van der Waals surface area contributed by atoms with E-state index in [2.05, 4.69) is 0 Å². The Hall–Kier alpha value is -1.24. The van der Waals surface area contributed by atoms with Crippen molar-refractivity contribution >= 4 is 0 Å². The quantitative estimate of drug-likeness (QED) is 0.0591. The SMILES string of the molecule is COC(C)COC(C)COC(C)COC(C)COC(C)COC(C)COC(C)COC(C)COC(C)COC(C)COC(C)COC(C)COC(C)COC(C)COC(C)COC(C)COC(C)COC(C)COC(C)COC(C)COC(C)COC(C)COC(C)COC(C)COC(C)COC(C)COC(C)COC(C)COC(C)COC(C)CO. The minimum absolute atomic E-state index is 0.0168. The number of aliphatic hydroxyl groups excluding tert-OH is 1. The third-order valence-electron chi connectivity index (χ3n) is 18.5. The van der Waals surface area contributed by atoms with Gasteiger partial charge < -0.3 is 147 Å². The maximum Gasteiger partial charge on any atom is 0.0781 e. The van der Waals surface area contributed by atoms with Gasteiger partial charge >= 0.3 is 0 Å². The summed E-state index contributed by atoms with van der Waals surface area (Å²) < 4.78 is 179. The van der Waals surface area contributed by atoms with Crippen LogP contribution in [0.15, 0.2) is 0 Å². The number of aliphatic hydroxyl groups is 1. The van der Waals surface area contributed by atoms with E-state index in [-0.39, 0.29) is 190 Å². The first-order chi connectivity index (χ1) is 57.7. The Kier molecular flexibility index (Phi) is 75.6. The Bertz CT molecular complexity index is 2050. The topological polar surface area (TPSA) is 297 Å². The van der Waals surface area contributed by atoms with E-state index in [4.69, 9.17) is 147 Å². The Morgan fingerprint density at radius 3 is 0.221 bits per heavy atom. The molecule has 0 saturated carbocycles. The van der Waals surface area contributed by atoms with Gasteiger partial charge in [-0.25, -0.2) is 0 Å². The largest absolute Gasteiger partial charge is 0.394 e. The second kappa shape index (κ2) is 76.3. The summed E-state index contributed by atoms with van der Waals surface area (Å²) in [6.45, 7) is 71.9. The first-order valence-electron chi connectivity index (χ1n) is 45.7. The van der Waals surface area contributed by atoms with Gasteiger partial charge in [0.05, 0.1) is 381 Å². The molecule has 31 nitrogen and oxygen atoms in total. The molecule has 0 aliphatic heterocycles. The van der Waals surface area contributed by atoms with Gasteiger partial charge in [0.1, 0.15) is 0 Å². The average Bonchev–Trinajstić information content (AvgIpc) is 0.991. The van der Waals surface area contributed by atoms with Crippen molar-refractivity contribution in [3.05, 3.63) is 0 Å². The third-order valence-corrected chi connectivity index (χ3v) is 18.5. The Balaban J connectivity index is 4.08. The van der Waals surface area contributed by atoms with Crippen molar-refractivity contribution in [3.63, 3.8) is 0 Å². The summed E-state index contributed by atoms with van der Waals surface area (Å²) in [6, 6.07) is 0. The average molecular weight is 1770 g/mol. The molecule has 1 N–H and O–H groups in total. The first-order valence-corrected chi connectivity index (χ1v) is 45.7. The summed E-state index contributed by atoms with van der Waals surface area (Å²) in [4.78, 5) is 0. The van der Waals surface area contributed by atoms with Crippen LogP contribution in [-0.4, -0.2) is 394 Å². The predicted octanol–water partition coefficient (Wildman–Crippen LogP) is 11.8. The van der Waals surface area contributed by atoms with Crippen molar-refractivity contribution in [2.75, 3.05) is 205 Å². The van der Waals surface area contributed by atoms with Gasteiger partial charge in [-0.1, -0.05) is 0 Å². The summed E-state index contributed by atoms with van der Waals surface area (Å²) in [5.41, 5.74) is 0. The molecule has 0 aliphatic rings. The third kappa shape index (κ3) is 75.4. The Labute approximate surface area is 740 Å². The van der Waals surface area contributed by atoms with Gasteiger partial charge in [-0.2, -0.15) is 0 Å². The van der Waals surface area contributed by atoms with E-state index in [1.807, 2.05) is 208 Å². The lowest BCUT2D eigenvalue weighted by atomic mass is 10.3. The van der Waals surface area contributed by atoms with Crippen LogP contribution in [0.2, 0.25) is 0 Å². The Morgan fingerprint density at radius 1 is 0.107 bits per heavy atom. The maximum atomic E-state index is 9.12. The lowest BCUT2D eigenvalue weighted by molar-refractivity contribution is -0.118. The molecule has 30 atom stereocenters. The van der Waals surface area contributed by atoms with Gasteiger partial charge in [0.25, 0.3) is 0 Å². The van der Waals surface area contributed by atoms with E-state index in [0.717, 1.165) is 0 Å². The van der Waals surface area contributed by atoms with Gasteiger partial charge in [0.15, 0.2) is 0 Å². The van der Waals surface area contributed by atoms with E-state index in [0.29, 0.717) is 192 Å². The molecule has 0 heterocycles. The zero-order valence-electron chi connectivity index (χ0n) is 82.2. The van der Waals surface area contributed by atoms with Crippen molar-refractivity contribution in [2.45, 2.75) is 391 Å². The molecule has 31 heteroatoms. The molecule has 0 rings (SSSR count). The zero-order valence-corrected chi connectivity index (χ0v) is 82.2. The summed E-state index contributed by atoms with van der Waals surface area (Å²) in [7, 11) is 1.67. The minimum Gasteiger partial charge on any atom is -0.394 e. The van der Waals surface area contributed by atoms with Gasteiger partial charge in [-0.3, -0.25) is 0 Å². The highest BCUT2D eigenvalue weighted by Crippen LogP contribution is 2.14. The van der Waals surface area contributed by atoms with Crippen molar-refractivity contribution < 1.29 is 147 Å². The Morgan fingerprint density at radius 2 is 0.164 bits per heavy atom. The smallest absolute Gasteiger partial charge is 0.0781 e. The fourth-order valence-electron chi connectivity index (χ4n) is 10.2. The molecule has 122 heavy (non-hydrogen) atoms. The van der Waals surface area contributed by atoms with Crippen LogP contribution in [-0.2, 0) is 142 Å². The molecule has 0 saturated heterocycles. The number of hydrogen-bond acceptors (Lipinski definition) is 31. The lowest BCUT2D eigenvalue weighted by Gasteiger charge is -2.24. The normalized spacial score (nSPS) is 20.0. The summed E-state index contributed by atoms with van der Waals surface area (Å²) in [6.07, 6.45) is -3.40. The molecule has 0 radical (unpaired) electrons. The van der Waals surface area contributed by atoms with Crippen molar-refractivity contribution in [1.29, 1.82) is 0 Å². The first kappa shape index (κ1) is 121. The lowest BCUT2D eigenvalue weighted by Crippen LogP contribution is -2.31. The zero-order chi connectivity index (χ0) is 91.7. The van der Waals surface area contributed by atoms with Crippen LogP contribution >= 0.6 is 0 Å². The van der Waals surface area contributed by atoms with Crippen molar-refractivity contribution in [2.24, 2.45) is 0 Å². The molecule has 30 unspecified atom stereocenters. The number of rotatable bonds is 89. The fourth-order valence-corrected chi connectivity index (χ4v) is 10.2. The second-order valence-electron chi connectivity index (χ2n) is 34.4. The van der Waals surface area contributed by atoms with Crippen LogP contribution in [0.5, 0.6) is 0 Å². The molecule has 0 aromatic rings. The van der Waals surface area contributed by atoms with Crippen LogP contribution in [0.1, 0.15) is 208 Å².